The summed E-state index contributed by atoms with van der Waals surface area (Å²) in [5.74, 6) is 0. The number of benzene rings is 2. The second-order valence-electron chi connectivity index (χ2n) is 5.30. The van der Waals surface area contributed by atoms with Crippen molar-refractivity contribution in [1.82, 2.24) is 5.32 Å². The quantitative estimate of drug-likeness (QED) is 0.891. The largest absolute Gasteiger partial charge is 0.388 e. The lowest BCUT2D eigenvalue weighted by molar-refractivity contribution is 0.164. The van der Waals surface area contributed by atoms with E-state index in [4.69, 9.17) is 11.6 Å². The molecule has 2 aromatic carbocycles. The van der Waals surface area contributed by atoms with Gasteiger partial charge in [0.05, 0.1) is 11.8 Å². The highest BCUT2D eigenvalue weighted by atomic mass is 35.5. The molecular weight excluding hydrogens is 300 g/mol. The molecule has 0 aromatic heterocycles. The van der Waals surface area contributed by atoms with Gasteiger partial charge in [-0.1, -0.05) is 41.9 Å². The zero-order chi connectivity index (χ0) is 15.5. The Morgan fingerprint density at radius 3 is 2.82 bits per heavy atom. The fraction of sp³-hybridized carbons (Fsp3) is 0.235. The number of fused-ring (bicyclic) bond motifs is 1. The highest BCUT2D eigenvalue weighted by Crippen LogP contribution is 2.35. The average Bonchev–Trinajstić information content (AvgIpc) is 2.54. The van der Waals surface area contributed by atoms with Gasteiger partial charge in [0.2, 0.25) is 0 Å². The Kier molecular flexibility index (Phi) is 4.32. The van der Waals surface area contributed by atoms with E-state index >= 15 is 0 Å². The molecule has 0 saturated carbocycles. The highest BCUT2D eigenvalue weighted by molar-refractivity contribution is 6.30. The number of carbonyl (C=O) groups is 1. The molecule has 1 unspecified atom stereocenters. The number of nitrogens with one attached hydrogen (secondary N) is 1. The number of carbonyl (C=O) groups excluding carboxylic acids is 1. The Balaban J connectivity index is 1.75. The monoisotopic (exact) mass is 316 g/mol. The first-order valence-corrected chi connectivity index (χ1v) is 7.60. The Hall–Kier alpha value is -2.04. The van der Waals surface area contributed by atoms with Crippen LogP contribution in [0.15, 0.2) is 48.5 Å². The molecule has 2 aromatic rings. The SMILES string of the molecule is O=C(NCc1ccccc1)N1CCC(O)c2cc(Cl)ccc21. The van der Waals surface area contributed by atoms with Crippen LogP contribution < -0.4 is 10.2 Å². The van der Waals surface area contributed by atoms with Gasteiger partial charge in [-0.25, -0.2) is 4.79 Å². The van der Waals surface area contributed by atoms with Crippen LogP contribution in [0.4, 0.5) is 10.5 Å². The molecule has 22 heavy (non-hydrogen) atoms. The number of urea groups is 1. The predicted molar refractivity (Wildman–Crippen MR) is 87.1 cm³/mol. The summed E-state index contributed by atoms with van der Waals surface area (Å²) in [6, 6.07) is 14.8. The maximum absolute atomic E-state index is 12.4. The maximum Gasteiger partial charge on any atom is 0.322 e. The van der Waals surface area contributed by atoms with E-state index in [2.05, 4.69) is 5.32 Å². The van der Waals surface area contributed by atoms with Gasteiger partial charge in [-0.05, 0) is 30.2 Å². The molecule has 4 nitrogen and oxygen atoms in total. The van der Waals surface area contributed by atoms with Crippen LogP contribution in [-0.2, 0) is 6.54 Å². The van der Waals surface area contributed by atoms with Crippen molar-refractivity contribution in [3.05, 3.63) is 64.7 Å². The van der Waals surface area contributed by atoms with Gasteiger partial charge in [0.25, 0.3) is 0 Å². The van der Waals surface area contributed by atoms with E-state index in [1.807, 2.05) is 30.3 Å². The number of halogens is 1. The van der Waals surface area contributed by atoms with Crippen LogP contribution in [-0.4, -0.2) is 17.7 Å². The minimum absolute atomic E-state index is 0.167. The van der Waals surface area contributed by atoms with Gasteiger partial charge < -0.3 is 10.4 Å². The van der Waals surface area contributed by atoms with E-state index in [0.29, 0.717) is 35.8 Å². The van der Waals surface area contributed by atoms with E-state index in [1.54, 1.807) is 23.1 Å². The van der Waals surface area contributed by atoms with Crippen molar-refractivity contribution in [3.8, 4) is 0 Å². The lowest BCUT2D eigenvalue weighted by Crippen LogP contribution is -2.43. The zero-order valence-corrected chi connectivity index (χ0v) is 12.8. The third kappa shape index (κ3) is 3.08. The molecule has 1 atom stereocenters. The molecule has 1 aliphatic rings. The molecule has 0 aliphatic carbocycles. The summed E-state index contributed by atoms with van der Waals surface area (Å²) >= 11 is 5.98. The number of aliphatic hydroxyl groups excluding tert-OH is 1. The first kappa shape index (κ1) is 14.9. The van der Waals surface area contributed by atoms with Crippen molar-refractivity contribution in [3.63, 3.8) is 0 Å². The van der Waals surface area contributed by atoms with Crippen LogP contribution >= 0.6 is 11.6 Å². The number of anilines is 1. The molecule has 2 amide bonds. The summed E-state index contributed by atoms with van der Waals surface area (Å²) in [6.07, 6.45) is -0.0709. The summed E-state index contributed by atoms with van der Waals surface area (Å²) < 4.78 is 0. The smallest absolute Gasteiger partial charge is 0.322 e. The third-order valence-corrected chi connectivity index (χ3v) is 4.03. The third-order valence-electron chi connectivity index (χ3n) is 3.80. The highest BCUT2D eigenvalue weighted by Gasteiger charge is 2.27. The van der Waals surface area contributed by atoms with Gasteiger partial charge in [0.1, 0.15) is 0 Å². The molecule has 2 N–H and O–H groups in total. The van der Waals surface area contributed by atoms with Gasteiger partial charge in [-0.3, -0.25) is 4.90 Å². The molecule has 0 radical (unpaired) electrons. The number of hydrogen-bond donors (Lipinski definition) is 2. The van der Waals surface area contributed by atoms with Crippen molar-refractivity contribution in [2.45, 2.75) is 19.1 Å². The Morgan fingerprint density at radius 1 is 1.27 bits per heavy atom. The Bertz CT molecular complexity index is 676. The minimum atomic E-state index is -0.577. The topological polar surface area (TPSA) is 52.6 Å². The molecular formula is C17H17ClN2O2. The standard InChI is InChI=1S/C17H17ClN2O2/c18-13-6-7-15-14(10-13)16(21)8-9-20(15)17(22)19-11-12-4-2-1-3-5-12/h1-7,10,16,21H,8-9,11H2,(H,19,22). The molecule has 0 spiro atoms. The molecule has 5 heteroatoms. The summed E-state index contributed by atoms with van der Waals surface area (Å²) in [4.78, 5) is 14.1. The number of nitrogens with zero attached hydrogens (tertiary/aromatic N) is 1. The van der Waals surface area contributed by atoms with Gasteiger partial charge in [0.15, 0.2) is 0 Å². The predicted octanol–water partition coefficient (Wildman–Crippen LogP) is 3.49. The first-order chi connectivity index (χ1) is 10.6. The summed E-state index contributed by atoms with van der Waals surface area (Å²) in [5.41, 5.74) is 2.46. The van der Waals surface area contributed by atoms with E-state index in [-0.39, 0.29) is 6.03 Å². The molecule has 114 valence electrons. The van der Waals surface area contributed by atoms with Crippen molar-refractivity contribution in [2.24, 2.45) is 0 Å². The van der Waals surface area contributed by atoms with E-state index < -0.39 is 6.10 Å². The fourth-order valence-corrected chi connectivity index (χ4v) is 2.83. The van der Waals surface area contributed by atoms with Crippen LogP contribution in [0.3, 0.4) is 0 Å². The number of hydrogen-bond acceptors (Lipinski definition) is 2. The Labute approximate surface area is 134 Å². The van der Waals surface area contributed by atoms with Gasteiger partial charge >= 0.3 is 6.03 Å². The molecule has 1 aliphatic heterocycles. The van der Waals surface area contributed by atoms with E-state index in [1.165, 1.54) is 0 Å². The molecule has 0 fully saturated rings. The van der Waals surface area contributed by atoms with Crippen molar-refractivity contribution in [2.75, 3.05) is 11.4 Å². The summed E-state index contributed by atoms with van der Waals surface area (Å²) in [6.45, 7) is 0.956. The minimum Gasteiger partial charge on any atom is -0.388 e. The van der Waals surface area contributed by atoms with Crippen LogP contribution in [0, 0.1) is 0 Å². The lowest BCUT2D eigenvalue weighted by atomic mass is 9.99. The number of rotatable bonds is 2. The van der Waals surface area contributed by atoms with Crippen LogP contribution in [0.25, 0.3) is 0 Å². The number of aliphatic hydroxyl groups is 1. The zero-order valence-electron chi connectivity index (χ0n) is 12.0. The van der Waals surface area contributed by atoms with Crippen molar-refractivity contribution < 1.29 is 9.90 Å². The van der Waals surface area contributed by atoms with Crippen molar-refractivity contribution >= 4 is 23.3 Å². The Morgan fingerprint density at radius 2 is 2.05 bits per heavy atom. The molecule has 0 saturated heterocycles. The van der Waals surface area contributed by atoms with Crippen molar-refractivity contribution in [1.29, 1.82) is 0 Å². The van der Waals surface area contributed by atoms with Crippen LogP contribution in [0.1, 0.15) is 23.7 Å². The summed E-state index contributed by atoms with van der Waals surface area (Å²) in [5, 5.41) is 13.5. The molecule has 0 bridgehead atoms. The van der Waals surface area contributed by atoms with E-state index in [9.17, 15) is 9.90 Å². The summed E-state index contributed by atoms with van der Waals surface area (Å²) in [7, 11) is 0. The first-order valence-electron chi connectivity index (χ1n) is 7.22. The normalized spacial score (nSPS) is 17.0. The van der Waals surface area contributed by atoms with Gasteiger partial charge in [0, 0.05) is 23.7 Å². The fourth-order valence-electron chi connectivity index (χ4n) is 2.65. The average molecular weight is 317 g/mol. The van der Waals surface area contributed by atoms with E-state index in [0.717, 1.165) is 5.56 Å². The van der Waals surface area contributed by atoms with Gasteiger partial charge in [-0.2, -0.15) is 0 Å². The second-order valence-corrected chi connectivity index (χ2v) is 5.74. The lowest BCUT2D eigenvalue weighted by Gasteiger charge is -2.32. The number of amides is 2. The van der Waals surface area contributed by atoms with Crippen LogP contribution in [0.5, 0.6) is 0 Å². The molecule has 3 rings (SSSR count). The maximum atomic E-state index is 12.4. The van der Waals surface area contributed by atoms with Gasteiger partial charge in [-0.15, -0.1) is 0 Å². The van der Waals surface area contributed by atoms with Crippen LogP contribution in [0.2, 0.25) is 5.02 Å². The molecule has 1 heterocycles. The second kappa shape index (κ2) is 6.38.